The predicted octanol–water partition coefficient (Wildman–Crippen LogP) is 10.7. The van der Waals surface area contributed by atoms with Crippen molar-refractivity contribution in [2.45, 2.75) is 104 Å². The van der Waals surface area contributed by atoms with Gasteiger partial charge in [-0.15, -0.1) is 13.2 Å². The first-order chi connectivity index (χ1) is 21.2. The van der Waals surface area contributed by atoms with Crippen molar-refractivity contribution >= 4 is 35.9 Å². The summed E-state index contributed by atoms with van der Waals surface area (Å²) in [5, 5.41) is 0.778. The molecule has 4 rings (SSSR count). The number of nitrogens with zero attached hydrogens (tertiary/aromatic N) is 3. The number of rotatable bonds is 11. The van der Waals surface area contributed by atoms with Crippen LogP contribution in [-0.4, -0.2) is 36.6 Å². The second-order valence-electron chi connectivity index (χ2n) is 12.0. The first-order valence-corrected chi connectivity index (χ1v) is 17.3. The maximum absolute atomic E-state index is 5.53. The second kappa shape index (κ2) is 23.6. The number of aliphatic imine (C=N–C) groups is 1. The van der Waals surface area contributed by atoms with Crippen LogP contribution in [0.4, 0.5) is 11.5 Å². The molecule has 1 saturated carbocycles. The molecule has 2 N–H and O–H groups in total. The highest BCUT2D eigenvalue weighted by molar-refractivity contribution is 7.81. The third-order valence-electron chi connectivity index (χ3n) is 8.02. The van der Waals surface area contributed by atoms with Gasteiger partial charge in [0.15, 0.2) is 0 Å². The first kappa shape index (κ1) is 39.2. The third kappa shape index (κ3) is 16.9. The van der Waals surface area contributed by atoms with Crippen LogP contribution in [0.15, 0.2) is 72.9 Å². The smallest absolute Gasteiger partial charge is 0.129 e. The summed E-state index contributed by atoms with van der Waals surface area (Å²) in [5.41, 5.74) is 11.2. The van der Waals surface area contributed by atoms with E-state index in [1.54, 1.807) is 7.05 Å². The molecule has 244 valence electrons. The molecule has 1 atom stereocenters. The number of aromatic nitrogens is 1. The zero-order valence-electron chi connectivity index (χ0n) is 28.8. The van der Waals surface area contributed by atoms with E-state index in [0.717, 1.165) is 41.3 Å². The Morgan fingerprint density at radius 2 is 1.75 bits per heavy atom. The lowest BCUT2D eigenvalue weighted by Crippen LogP contribution is -2.35. The van der Waals surface area contributed by atoms with Crippen LogP contribution in [0.25, 0.3) is 5.57 Å². The Morgan fingerprint density at radius 1 is 1.07 bits per heavy atom. The Hall–Kier alpha value is -2.79. The topological polar surface area (TPSA) is 54.5 Å². The zero-order chi connectivity index (χ0) is 32.7. The first-order valence-electron chi connectivity index (χ1n) is 16.8. The molecule has 1 aliphatic carbocycles. The number of pyridine rings is 1. The number of piperidine rings is 1. The van der Waals surface area contributed by atoms with Gasteiger partial charge >= 0.3 is 0 Å². The van der Waals surface area contributed by atoms with Crippen molar-refractivity contribution in [1.82, 2.24) is 4.98 Å². The van der Waals surface area contributed by atoms with Gasteiger partial charge in [-0.2, -0.15) is 12.6 Å². The number of thiol groups is 1. The summed E-state index contributed by atoms with van der Waals surface area (Å²) in [6, 6.07) is 10.1. The van der Waals surface area contributed by atoms with Gasteiger partial charge in [-0.05, 0) is 118 Å². The van der Waals surface area contributed by atoms with Gasteiger partial charge in [0, 0.05) is 43.5 Å². The molecule has 44 heavy (non-hydrogen) atoms. The van der Waals surface area contributed by atoms with Gasteiger partial charge in [0.25, 0.3) is 0 Å². The molecule has 0 radical (unpaired) electrons. The van der Waals surface area contributed by atoms with Gasteiger partial charge in [-0.25, -0.2) is 4.98 Å². The third-order valence-corrected chi connectivity index (χ3v) is 8.54. The Labute approximate surface area is 276 Å². The van der Waals surface area contributed by atoms with Crippen LogP contribution >= 0.6 is 12.6 Å². The van der Waals surface area contributed by atoms with Crippen molar-refractivity contribution < 1.29 is 0 Å². The van der Waals surface area contributed by atoms with Crippen LogP contribution in [0, 0.1) is 25.7 Å². The fraction of sp³-hybridized carbons (Fsp3) is 0.538. The van der Waals surface area contributed by atoms with E-state index in [4.69, 9.17) is 5.73 Å². The number of allylic oxidation sites excluding steroid dienone is 3. The van der Waals surface area contributed by atoms with Gasteiger partial charge in [-0.3, -0.25) is 4.99 Å². The van der Waals surface area contributed by atoms with Crippen LogP contribution in [-0.2, 0) is 0 Å². The average Bonchev–Trinajstić information content (AvgIpc) is 3.83. The van der Waals surface area contributed by atoms with Crippen molar-refractivity contribution in [1.29, 1.82) is 0 Å². The van der Waals surface area contributed by atoms with Gasteiger partial charge in [-0.1, -0.05) is 63.8 Å². The number of anilines is 2. The minimum atomic E-state index is 0.576. The van der Waals surface area contributed by atoms with E-state index < -0.39 is 0 Å². The normalized spacial score (nSPS) is 16.2. The highest BCUT2D eigenvalue weighted by Crippen LogP contribution is 2.25. The van der Waals surface area contributed by atoms with Crippen molar-refractivity contribution in [2.75, 3.05) is 30.8 Å². The number of aryl methyl sites for hydroxylation is 2. The molecule has 4 nitrogen and oxygen atoms in total. The monoisotopic (exact) mass is 618 g/mol. The van der Waals surface area contributed by atoms with Crippen LogP contribution in [0.5, 0.6) is 0 Å². The molecule has 1 aromatic heterocycles. The number of benzene rings is 1. The van der Waals surface area contributed by atoms with E-state index in [-0.39, 0.29) is 0 Å². The maximum atomic E-state index is 5.53. The van der Waals surface area contributed by atoms with Crippen LogP contribution in [0.1, 0.15) is 102 Å². The molecule has 2 heterocycles. The number of hydrogen-bond acceptors (Lipinski definition) is 5. The Kier molecular flexibility index (Phi) is 21.0. The summed E-state index contributed by atoms with van der Waals surface area (Å²) < 4.78 is 0. The summed E-state index contributed by atoms with van der Waals surface area (Å²) in [6.45, 7) is 20.5. The van der Waals surface area contributed by atoms with E-state index in [9.17, 15) is 0 Å². The summed E-state index contributed by atoms with van der Waals surface area (Å²) in [7, 11) is 1.80. The molecule has 0 bridgehead atoms. The molecule has 1 aliphatic heterocycles. The van der Waals surface area contributed by atoms with E-state index in [2.05, 4.69) is 86.6 Å². The fourth-order valence-corrected chi connectivity index (χ4v) is 5.23. The number of nitrogens with two attached hydrogens (primary N) is 1. The molecule has 1 saturated heterocycles. The number of hydrogen-bond donors (Lipinski definition) is 2. The standard InChI is InChI=1S/C17H23N3.C11H22.C8H11N.C3H6S/c1-4-14-7-6-10-20(13-14)17-11-16(8-9-19-17)15(5-2)12-18-3;1-4-7-10-11(8-5-2)9-6-3;1-6-3-4-8(9)5-7(6)2;4-3-1-2-3/h4-5,8-9,11-12,14H,1,6-7,10,13H2,2-3H3;4,11H,1,5-10H2,2-3H3;3-5H,9H2,1-2H3;3-4H,1-2H2/b15-5+,18-12?;;;. The summed E-state index contributed by atoms with van der Waals surface area (Å²) in [6.07, 6.45) is 23.1. The van der Waals surface area contributed by atoms with Crippen molar-refractivity contribution in [2.24, 2.45) is 16.8 Å². The molecule has 0 amide bonds. The quantitative estimate of drug-likeness (QED) is 0.114. The molecule has 0 spiro atoms. The lowest BCUT2D eigenvalue weighted by atomic mass is 9.93. The van der Waals surface area contributed by atoms with E-state index >= 15 is 0 Å². The van der Waals surface area contributed by atoms with Gasteiger partial charge < -0.3 is 10.6 Å². The molecule has 1 aromatic carbocycles. The van der Waals surface area contributed by atoms with Crippen LogP contribution in [0.3, 0.4) is 0 Å². The van der Waals surface area contributed by atoms with E-state index in [1.165, 1.54) is 80.9 Å². The summed E-state index contributed by atoms with van der Waals surface area (Å²) >= 11 is 4.08. The zero-order valence-corrected chi connectivity index (χ0v) is 29.7. The Morgan fingerprint density at radius 3 is 2.25 bits per heavy atom. The van der Waals surface area contributed by atoms with Gasteiger partial charge in [0.2, 0.25) is 0 Å². The minimum Gasteiger partial charge on any atom is -0.399 e. The minimum absolute atomic E-state index is 0.576. The molecule has 5 heteroatoms. The predicted molar refractivity (Wildman–Crippen MR) is 203 cm³/mol. The van der Waals surface area contributed by atoms with Crippen molar-refractivity contribution in [3.8, 4) is 0 Å². The maximum Gasteiger partial charge on any atom is 0.129 e. The lowest BCUT2D eigenvalue weighted by Gasteiger charge is -2.32. The lowest BCUT2D eigenvalue weighted by molar-refractivity contribution is 0.414. The van der Waals surface area contributed by atoms with Gasteiger partial charge in [0.1, 0.15) is 5.82 Å². The molecular weight excluding hydrogens is 557 g/mol. The van der Waals surface area contributed by atoms with Crippen LogP contribution < -0.4 is 10.6 Å². The van der Waals surface area contributed by atoms with Gasteiger partial charge in [0.05, 0.1) is 0 Å². The summed E-state index contributed by atoms with van der Waals surface area (Å²) in [4.78, 5) is 11.0. The van der Waals surface area contributed by atoms with Crippen molar-refractivity contribution in [3.63, 3.8) is 0 Å². The van der Waals surface area contributed by atoms with Crippen molar-refractivity contribution in [3.05, 3.63) is 84.6 Å². The van der Waals surface area contributed by atoms with E-state index in [0.29, 0.717) is 5.92 Å². The molecule has 2 aromatic rings. The highest BCUT2D eigenvalue weighted by atomic mass is 32.1. The molecular formula is C39H62N4S. The molecule has 2 aliphatic rings. The van der Waals surface area contributed by atoms with Crippen LogP contribution in [0.2, 0.25) is 0 Å². The number of nitrogen functional groups attached to an aromatic ring is 1. The molecule has 2 fully saturated rings. The Bertz CT molecular complexity index is 1130. The second-order valence-corrected chi connectivity index (χ2v) is 12.7. The Balaban J connectivity index is 0.000000338. The highest BCUT2D eigenvalue weighted by Gasteiger charge is 2.19. The fourth-order valence-electron chi connectivity index (χ4n) is 5.08. The average molecular weight is 619 g/mol. The largest absolute Gasteiger partial charge is 0.399 e. The summed E-state index contributed by atoms with van der Waals surface area (Å²) in [5.74, 6) is 2.59. The molecule has 1 unspecified atom stereocenters. The SMILES string of the molecule is C=CC1CCCN(c2cc(/C(C=NC)=C/C)ccn2)C1.C=CCCC(CCC)CCC.Cc1ccc(N)cc1C.SC1CC1. The van der Waals surface area contributed by atoms with E-state index in [1.807, 2.05) is 49.7 Å².